The van der Waals surface area contributed by atoms with Gasteiger partial charge in [-0.05, 0) is 49.8 Å². The van der Waals surface area contributed by atoms with Crippen LogP contribution in [0.15, 0.2) is 24.5 Å². The summed E-state index contributed by atoms with van der Waals surface area (Å²) in [6.45, 7) is 5.72. The second-order valence-corrected chi connectivity index (χ2v) is 5.71. The van der Waals surface area contributed by atoms with Gasteiger partial charge in [-0.1, -0.05) is 32.3 Å². The van der Waals surface area contributed by atoms with Crippen LogP contribution in [0.2, 0.25) is 0 Å². The monoisotopic (exact) mass is 246 g/mol. The van der Waals surface area contributed by atoms with Crippen LogP contribution in [0, 0.1) is 11.8 Å². The Hall–Kier alpha value is -0.890. The Labute approximate surface area is 111 Å². The maximum Gasteiger partial charge on any atom is 0.0315 e. The van der Waals surface area contributed by atoms with Gasteiger partial charge >= 0.3 is 0 Å². The molecular weight excluding hydrogens is 220 g/mol. The minimum atomic E-state index is 0.419. The molecule has 0 spiro atoms. The lowest BCUT2D eigenvalue weighted by Gasteiger charge is -2.29. The summed E-state index contributed by atoms with van der Waals surface area (Å²) in [5.74, 6) is 1.88. The van der Waals surface area contributed by atoms with Gasteiger partial charge in [0.15, 0.2) is 0 Å². The highest BCUT2D eigenvalue weighted by Crippen LogP contribution is 2.30. The van der Waals surface area contributed by atoms with E-state index in [0.717, 1.165) is 18.4 Å². The summed E-state index contributed by atoms with van der Waals surface area (Å²) in [6.07, 6.45) is 10.9. The molecule has 1 fully saturated rings. The van der Waals surface area contributed by atoms with Crippen LogP contribution in [0.3, 0.4) is 0 Å². The first-order chi connectivity index (χ1) is 8.79. The molecule has 1 aromatic rings. The summed E-state index contributed by atoms with van der Waals surface area (Å²) in [4.78, 5) is 4.18. The van der Waals surface area contributed by atoms with Crippen molar-refractivity contribution in [1.29, 1.82) is 0 Å². The number of hydrogen-bond acceptors (Lipinski definition) is 2. The second-order valence-electron chi connectivity index (χ2n) is 5.71. The third-order valence-corrected chi connectivity index (χ3v) is 4.44. The van der Waals surface area contributed by atoms with Crippen LogP contribution in [0.25, 0.3) is 0 Å². The molecule has 2 heteroatoms. The molecule has 2 nitrogen and oxygen atoms in total. The van der Waals surface area contributed by atoms with Gasteiger partial charge in [0.2, 0.25) is 0 Å². The van der Waals surface area contributed by atoms with Crippen LogP contribution >= 0.6 is 0 Å². The van der Waals surface area contributed by atoms with E-state index in [-0.39, 0.29) is 0 Å². The molecule has 1 saturated carbocycles. The van der Waals surface area contributed by atoms with E-state index in [4.69, 9.17) is 0 Å². The molecule has 2 rings (SSSR count). The van der Waals surface area contributed by atoms with E-state index in [1.54, 1.807) is 0 Å². The van der Waals surface area contributed by atoms with Crippen molar-refractivity contribution in [3.05, 3.63) is 30.1 Å². The Morgan fingerprint density at radius 2 is 2.00 bits per heavy atom. The van der Waals surface area contributed by atoms with Crippen LogP contribution in [0.5, 0.6) is 0 Å². The Morgan fingerprint density at radius 1 is 1.28 bits per heavy atom. The zero-order chi connectivity index (χ0) is 12.8. The summed E-state index contributed by atoms with van der Waals surface area (Å²) in [5.41, 5.74) is 1.29. The van der Waals surface area contributed by atoms with Crippen LogP contribution in [-0.4, -0.2) is 11.5 Å². The van der Waals surface area contributed by atoms with Crippen molar-refractivity contribution in [3.8, 4) is 0 Å². The first kappa shape index (κ1) is 13.5. The van der Waals surface area contributed by atoms with Crippen molar-refractivity contribution < 1.29 is 0 Å². The van der Waals surface area contributed by atoms with E-state index >= 15 is 0 Å². The molecule has 1 heterocycles. The van der Waals surface area contributed by atoms with E-state index in [1.807, 2.05) is 18.5 Å². The quantitative estimate of drug-likeness (QED) is 0.851. The molecule has 1 aliphatic rings. The van der Waals surface area contributed by atoms with Gasteiger partial charge in [-0.3, -0.25) is 4.98 Å². The fraction of sp³-hybridized carbons (Fsp3) is 0.688. The van der Waals surface area contributed by atoms with Gasteiger partial charge in [0, 0.05) is 18.4 Å². The highest BCUT2D eigenvalue weighted by Gasteiger charge is 2.20. The van der Waals surface area contributed by atoms with E-state index in [9.17, 15) is 0 Å². The largest absolute Gasteiger partial charge is 0.310 e. The van der Waals surface area contributed by atoms with Crippen molar-refractivity contribution in [3.63, 3.8) is 0 Å². The predicted octanol–water partition coefficient (Wildman–Crippen LogP) is 3.95. The topological polar surface area (TPSA) is 24.9 Å². The lowest BCUT2D eigenvalue weighted by molar-refractivity contribution is 0.258. The highest BCUT2D eigenvalue weighted by atomic mass is 14.9. The third kappa shape index (κ3) is 3.81. The average Bonchev–Trinajstić information content (AvgIpc) is 2.46. The number of rotatable bonds is 5. The van der Waals surface area contributed by atoms with E-state index < -0.39 is 0 Å². The SMILES string of the molecule is CCC1CCC(CNC(C)c2cccnc2)CC1. The number of nitrogens with zero attached hydrogens (tertiary/aromatic N) is 1. The lowest BCUT2D eigenvalue weighted by Crippen LogP contribution is -2.28. The van der Waals surface area contributed by atoms with Crippen LogP contribution in [0.1, 0.15) is 57.6 Å². The smallest absolute Gasteiger partial charge is 0.0315 e. The minimum absolute atomic E-state index is 0.419. The van der Waals surface area contributed by atoms with Crippen LogP contribution in [0.4, 0.5) is 0 Å². The molecule has 0 radical (unpaired) electrons. The van der Waals surface area contributed by atoms with E-state index in [2.05, 4.69) is 30.2 Å². The Morgan fingerprint density at radius 3 is 2.61 bits per heavy atom. The first-order valence-electron chi connectivity index (χ1n) is 7.43. The van der Waals surface area contributed by atoms with Crippen molar-refractivity contribution >= 4 is 0 Å². The molecule has 18 heavy (non-hydrogen) atoms. The van der Waals surface area contributed by atoms with E-state index in [0.29, 0.717) is 6.04 Å². The molecule has 0 saturated heterocycles. The summed E-state index contributed by atoms with van der Waals surface area (Å²) >= 11 is 0. The Bertz CT molecular complexity index is 328. The van der Waals surface area contributed by atoms with Crippen molar-refractivity contribution in [2.24, 2.45) is 11.8 Å². The van der Waals surface area contributed by atoms with Gasteiger partial charge < -0.3 is 5.32 Å². The predicted molar refractivity (Wildman–Crippen MR) is 76.4 cm³/mol. The van der Waals surface area contributed by atoms with Gasteiger partial charge in [-0.15, -0.1) is 0 Å². The van der Waals surface area contributed by atoms with Gasteiger partial charge in [-0.25, -0.2) is 0 Å². The minimum Gasteiger partial charge on any atom is -0.310 e. The zero-order valence-corrected chi connectivity index (χ0v) is 11.7. The maximum atomic E-state index is 4.18. The number of pyridine rings is 1. The molecule has 1 atom stereocenters. The molecule has 100 valence electrons. The molecule has 0 aromatic carbocycles. The first-order valence-corrected chi connectivity index (χ1v) is 7.43. The molecule has 0 aliphatic heterocycles. The molecule has 1 aromatic heterocycles. The normalized spacial score (nSPS) is 25.9. The third-order valence-electron chi connectivity index (χ3n) is 4.44. The van der Waals surface area contributed by atoms with Crippen molar-refractivity contribution in [2.45, 2.75) is 52.0 Å². The maximum absolute atomic E-state index is 4.18. The highest BCUT2D eigenvalue weighted by molar-refractivity contribution is 5.12. The second kappa shape index (κ2) is 6.89. The molecule has 1 unspecified atom stereocenters. The van der Waals surface area contributed by atoms with Gasteiger partial charge in [-0.2, -0.15) is 0 Å². The molecule has 1 N–H and O–H groups in total. The summed E-state index contributed by atoms with van der Waals surface area (Å²) in [6, 6.07) is 4.58. The van der Waals surface area contributed by atoms with Crippen molar-refractivity contribution in [1.82, 2.24) is 10.3 Å². The Kier molecular flexibility index (Phi) is 5.18. The fourth-order valence-corrected chi connectivity index (χ4v) is 2.94. The Balaban J connectivity index is 1.72. The number of nitrogens with one attached hydrogen (secondary N) is 1. The standard InChI is InChI=1S/C16H26N2/c1-3-14-6-8-15(9-7-14)11-18-13(2)16-5-4-10-17-12-16/h4-5,10,12-15,18H,3,6-9,11H2,1-2H3. The summed E-state index contributed by atoms with van der Waals surface area (Å²) in [7, 11) is 0. The summed E-state index contributed by atoms with van der Waals surface area (Å²) in [5, 5.41) is 3.66. The van der Waals surface area contributed by atoms with Crippen LogP contribution < -0.4 is 5.32 Å². The van der Waals surface area contributed by atoms with E-state index in [1.165, 1.54) is 37.7 Å². The van der Waals surface area contributed by atoms with Gasteiger partial charge in [0.05, 0.1) is 0 Å². The molecule has 0 amide bonds. The number of hydrogen-bond donors (Lipinski definition) is 1. The summed E-state index contributed by atoms with van der Waals surface area (Å²) < 4.78 is 0. The number of aromatic nitrogens is 1. The van der Waals surface area contributed by atoms with Crippen molar-refractivity contribution in [2.75, 3.05) is 6.54 Å². The molecule has 0 bridgehead atoms. The average molecular weight is 246 g/mol. The van der Waals surface area contributed by atoms with Gasteiger partial charge in [0.25, 0.3) is 0 Å². The fourth-order valence-electron chi connectivity index (χ4n) is 2.94. The molecular formula is C16H26N2. The zero-order valence-electron chi connectivity index (χ0n) is 11.7. The molecule has 1 aliphatic carbocycles. The lowest BCUT2D eigenvalue weighted by atomic mass is 9.81. The van der Waals surface area contributed by atoms with Crippen LogP contribution in [-0.2, 0) is 0 Å². The van der Waals surface area contributed by atoms with Gasteiger partial charge in [0.1, 0.15) is 0 Å².